The lowest BCUT2D eigenvalue weighted by molar-refractivity contribution is -0.143. The highest BCUT2D eigenvalue weighted by Gasteiger charge is 2.26. The van der Waals surface area contributed by atoms with Gasteiger partial charge in [-0.1, -0.05) is 37.3 Å². The van der Waals surface area contributed by atoms with Crippen molar-refractivity contribution in [1.29, 1.82) is 0 Å². The van der Waals surface area contributed by atoms with E-state index in [4.69, 9.17) is 9.84 Å². The van der Waals surface area contributed by atoms with Crippen LogP contribution in [0.2, 0.25) is 0 Å². The molecule has 1 aromatic carbocycles. The molecule has 1 aliphatic heterocycles. The second-order valence-corrected chi connectivity index (χ2v) is 8.08. The van der Waals surface area contributed by atoms with E-state index in [9.17, 15) is 4.79 Å². The summed E-state index contributed by atoms with van der Waals surface area (Å²) in [6.45, 7) is 4.71. The third kappa shape index (κ3) is 5.32. The predicted octanol–water partition coefficient (Wildman–Crippen LogP) is 4.29. The van der Waals surface area contributed by atoms with Gasteiger partial charge in [0.2, 0.25) is 0 Å². The number of thiophene rings is 1. The standard InChI is InChI=1S/C21H27NO3S/c1-2-18(15-22-12-10-17(11-13-22)21(23)24)25-20-9-8-19(26-20)14-16-6-4-3-5-7-16/h3-9,17-18H,2,10-15H2,1H3,(H,23,24). The smallest absolute Gasteiger partial charge is 0.306 e. The van der Waals surface area contributed by atoms with Crippen molar-refractivity contribution < 1.29 is 14.6 Å². The minimum atomic E-state index is -0.655. The molecule has 0 bridgehead atoms. The van der Waals surface area contributed by atoms with Crippen molar-refractivity contribution in [2.45, 2.75) is 38.7 Å². The van der Waals surface area contributed by atoms with Gasteiger partial charge in [-0.15, -0.1) is 11.3 Å². The fourth-order valence-corrected chi connectivity index (χ4v) is 4.33. The lowest BCUT2D eigenvalue weighted by Crippen LogP contribution is -2.41. The van der Waals surface area contributed by atoms with Crippen molar-refractivity contribution in [3.63, 3.8) is 0 Å². The molecule has 140 valence electrons. The number of piperidine rings is 1. The molecule has 26 heavy (non-hydrogen) atoms. The molecule has 0 saturated carbocycles. The molecule has 2 aromatic rings. The van der Waals surface area contributed by atoms with Gasteiger partial charge in [0.15, 0.2) is 5.06 Å². The molecule has 4 nitrogen and oxygen atoms in total. The molecule has 3 rings (SSSR count). The number of rotatable bonds is 8. The Morgan fingerprint density at radius 3 is 2.62 bits per heavy atom. The van der Waals surface area contributed by atoms with E-state index in [1.54, 1.807) is 11.3 Å². The molecule has 5 heteroatoms. The highest BCUT2D eigenvalue weighted by molar-refractivity contribution is 7.13. The molecule has 1 atom stereocenters. The van der Waals surface area contributed by atoms with E-state index in [0.717, 1.165) is 50.4 Å². The number of carbonyl (C=O) groups is 1. The third-order valence-electron chi connectivity index (χ3n) is 4.99. The second kappa shape index (κ2) is 9.19. The fraction of sp³-hybridized carbons (Fsp3) is 0.476. The van der Waals surface area contributed by atoms with Crippen molar-refractivity contribution in [2.24, 2.45) is 5.92 Å². The average Bonchev–Trinajstić information content (AvgIpc) is 3.09. The average molecular weight is 374 g/mol. The Bertz CT molecular complexity index is 692. The minimum Gasteiger partial charge on any atom is -0.481 e. The molecule has 1 unspecified atom stereocenters. The van der Waals surface area contributed by atoms with Crippen LogP contribution in [-0.4, -0.2) is 41.7 Å². The van der Waals surface area contributed by atoms with Gasteiger partial charge < -0.3 is 9.84 Å². The summed E-state index contributed by atoms with van der Waals surface area (Å²) >= 11 is 1.72. The van der Waals surface area contributed by atoms with E-state index in [2.05, 4.69) is 48.2 Å². The first-order valence-electron chi connectivity index (χ1n) is 9.38. The van der Waals surface area contributed by atoms with Crippen LogP contribution in [0.3, 0.4) is 0 Å². The van der Waals surface area contributed by atoms with Crippen molar-refractivity contribution in [3.05, 3.63) is 52.9 Å². The van der Waals surface area contributed by atoms with Crippen molar-refractivity contribution in [1.82, 2.24) is 4.90 Å². The number of ether oxygens (including phenoxy) is 1. The van der Waals surface area contributed by atoms with Gasteiger partial charge in [-0.3, -0.25) is 9.69 Å². The maximum atomic E-state index is 11.1. The Labute approximate surface area is 159 Å². The zero-order valence-electron chi connectivity index (χ0n) is 15.3. The molecule has 1 aliphatic rings. The van der Waals surface area contributed by atoms with Crippen LogP contribution >= 0.6 is 11.3 Å². The van der Waals surface area contributed by atoms with E-state index >= 15 is 0 Å². The van der Waals surface area contributed by atoms with E-state index in [1.165, 1.54) is 10.4 Å². The molecule has 2 heterocycles. The monoisotopic (exact) mass is 373 g/mol. The van der Waals surface area contributed by atoms with Crippen molar-refractivity contribution in [3.8, 4) is 5.06 Å². The summed E-state index contributed by atoms with van der Waals surface area (Å²) < 4.78 is 6.22. The number of aliphatic carboxylic acids is 1. The van der Waals surface area contributed by atoms with Gasteiger partial charge in [0.25, 0.3) is 0 Å². The van der Waals surface area contributed by atoms with Crippen LogP contribution in [0.25, 0.3) is 0 Å². The van der Waals surface area contributed by atoms with Crippen LogP contribution in [0.5, 0.6) is 5.06 Å². The topological polar surface area (TPSA) is 49.8 Å². The first-order valence-corrected chi connectivity index (χ1v) is 10.2. The van der Waals surface area contributed by atoms with Gasteiger partial charge in [-0.05, 0) is 50.0 Å². The molecule has 0 radical (unpaired) electrons. The SMILES string of the molecule is CCC(CN1CCC(C(=O)O)CC1)Oc1ccc(Cc2ccccc2)s1. The maximum absolute atomic E-state index is 11.1. The summed E-state index contributed by atoms with van der Waals surface area (Å²) in [6.07, 6.45) is 3.52. The molecule has 1 fully saturated rings. The summed E-state index contributed by atoms with van der Waals surface area (Å²) in [7, 11) is 0. The number of hydrogen-bond donors (Lipinski definition) is 1. The van der Waals surface area contributed by atoms with E-state index in [0.29, 0.717) is 0 Å². The Morgan fingerprint density at radius 1 is 1.23 bits per heavy atom. The Kier molecular flexibility index (Phi) is 6.69. The first kappa shape index (κ1) is 18.9. The highest BCUT2D eigenvalue weighted by Crippen LogP contribution is 2.28. The van der Waals surface area contributed by atoms with Crippen LogP contribution in [0.1, 0.15) is 36.6 Å². The van der Waals surface area contributed by atoms with E-state index < -0.39 is 5.97 Å². The number of likely N-dealkylation sites (tertiary alicyclic amines) is 1. The van der Waals surface area contributed by atoms with Gasteiger partial charge in [0, 0.05) is 17.8 Å². The maximum Gasteiger partial charge on any atom is 0.306 e. The molecule has 1 aromatic heterocycles. The predicted molar refractivity (Wildman–Crippen MR) is 105 cm³/mol. The Balaban J connectivity index is 1.50. The quantitative estimate of drug-likeness (QED) is 0.750. The normalized spacial score (nSPS) is 17.1. The first-order chi connectivity index (χ1) is 12.6. The summed E-state index contributed by atoms with van der Waals surface area (Å²) in [4.78, 5) is 14.7. The number of nitrogens with zero attached hydrogens (tertiary/aromatic N) is 1. The Morgan fingerprint density at radius 2 is 1.96 bits per heavy atom. The zero-order valence-corrected chi connectivity index (χ0v) is 16.1. The van der Waals surface area contributed by atoms with Crippen LogP contribution in [0.4, 0.5) is 0 Å². The third-order valence-corrected chi connectivity index (χ3v) is 5.97. The van der Waals surface area contributed by atoms with Gasteiger partial charge in [0.1, 0.15) is 6.10 Å². The zero-order chi connectivity index (χ0) is 18.4. The van der Waals surface area contributed by atoms with Gasteiger partial charge in [-0.25, -0.2) is 0 Å². The summed E-state index contributed by atoms with van der Waals surface area (Å²) in [6, 6.07) is 14.7. The summed E-state index contributed by atoms with van der Waals surface area (Å²) in [5.74, 6) is -0.831. The van der Waals surface area contributed by atoms with Gasteiger partial charge in [-0.2, -0.15) is 0 Å². The number of benzene rings is 1. The molecular weight excluding hydrogens is 346 g/mol. The lowest BCUT2D eigenvalue weighted by Gasteiger charge is -2.32. The van der Waals surface area contributed by atoms with E-state index in [-0.39, 0.29) is 12.0 Å². The molecule has 0 spiro atoms. The number of carboxylic acid groups (broad SMARTS) is 1. The van der Waals surface area contributed by atoms with Gasteiger partial charge in [0.05, 0.1) is 5.92 Å². The van der Waals surface area contributed by atoms with Crippen LogP contribution in [-0.2, 0) is 11.2 Å². The van der Waals surface area contributed by atoms with Crippen LogP contribution in [0.15, 0.2) is 42.5 Å². The molecule has 0 amide bonds. The Hall–Kier alpha value is -1.85. The highest BCUT2D eigenvalue weighted by atomic mass is 32.1. The molecule has 1 saturated heterocycles. The molecular formula is C21H27NO3S. The number of carboxylic acids is 1. The number of hydrogen-bond acceptors (Lipinski definition) is 4. The molecule has 0 aliphatic carbocycles. The summed E-state index contributed by atoms with van der Waals surface area (Å²) in [5, 5.41) is 10.1. The van der Waals surface area contributed by atoms with E-state index in [1.807, 2.05) is 6.07 Å². The fourth-order valence-electron chi connectivity index (χ4n) is 3.38. The summed E-state index contributed by atoms with van der Waals surface area (Å²) in [5.41, 5.74) is 1.31. The lowest BCUT2D eigenvalue weighted by atomic mass is 9.97. The van der Waals surface area contributed by atoms with Crippen molar-refractivity contribution >= 4 is 17.3 Å². The largest absolute Gasteiger partial charge is 0.481 e. The second-order valence-electron chi connectivity index (χ2n) is 6.94. The van der Waals surface area contributed by atoms with Crippen molar-refractivity contribution in [2.75, 3.05) is 19.6 Å². The molecule has 1 N–H and O–H groups in total. The van der Waals surface area contributed by atoms with Gasteiger partial charge >= 0.3 is 5.97 Å². The minimum absolute atomic E-state index is 0.152. The van der Waals surface area contributed by atoms with Crippen LogP contribution < -0.4 is 4.74 Å². The van der Waals surface area contributed by atoms with Crippen LogP contribution in [0, 0.1) is 5.92 Å².